The van der Waals surface area contributed by atoms with Gasteiger partial charge in [-0.05, 0) is 36.2 Å². The highest BCUT2D eigenvalue weighted by molar-refractivity contribution is 9.10. The first-order chi connectivity index (χ1) is 9.06. The molecule has 1 aromatic rings. The normalized spacial score (nSPS) is 27.3. The summed E-state index contributed by atoms with van der Waals surface area (Å²) in [6, 6.07) is 1.84. The van der Waals surface area contributed by atoms with E-state index in [1.54, 1.807) is 0 Å². The summed E-state index contributed by atoms with van der Waals surface area (Å²) < 4.78 is 12.5. The number of aryl methyl sites for hydroxylation is 1. The molecule has 0 spiro atoms. The van der Waals surface area contributed by atoms with Crippen LogP contribution in [0.5, 0.6) is 5.88 Å². The average molecular weight is 329 g/mol. The van der Waals surface area contributed by atoms with Crippen molar-refractivity contribution in [2.75, 3.05) is 0 Å². The quantitative estimate of drug-likeness (QED) is 0.793. The molecule has 0 bridgehead atoms. The summed E-state index contributed by atoms with van der Waals surface area (Å²) in [4.78, 5) is 8.81. The van der Waals surface area contributed by atoms with E-state index in [0.29, 0.717) is 5.88 Å². The second-order valence-electron chi connectivity index (χ2n) is 5.16. The molecule has 2 heterocycles. The van der Waals surface area contributed by atoms with E-state index in [9.17, 15) is 0 Å². The third kappa shape index (κ3) is 4.42. The van der Waals surface area contributed by atoms with Crippen LogP contribution in [-0.2, 0) is 11.2 Å². The van der Waals surface area contributed by atoms with Crippen molar-refractivity contribution in [3.8, 4) is 5.88 Å². The molecule has 2 rings (SSSR count). The van der Waals surface area contributed by atoms with Crippen molar-refractivity contribution in [1.82, 2.24) is 9.97 Å². The van der Waals surface area contributed by atoms with Crippen LogP contribution in [0.1, 0.15) is 45.9 Å². The second-order valence-corrected chi connectivity index (χ2v) is 5.98. The van der Waals surface area contributed by atoms with E-state index in [1.165, 1.54) is 0 Å². The molecular weight excluding hydrogens is 308 g/mol. The summed E-state index contributed by atoms with van der Waals surface area (Å²) in [6.07, 6.45) is 4.39. The molecule has 0 saturated carbocycles. The minimum absolute atomic E-state index is 0.176. The maximum Gasteiger partial charge on any atom is 0.217 e. The lowest BCUT2D eigenvalue weighted by Gasteiger charge is -2.31. The fraction of sp³-hybridized carbons (Fsp3) is 0.714. The molecule has 1 saturated heterocycles. The number of ether oxygens (including phenoxy) is 2. The zero-order valence-electron chi connectivity index (χ0n) is 11.7. The third-order valence-corrected chi connectivity index (χ3v) is 3.54. The standard InChI is InChI=1S/C14H21BrN2O2/c1-4-5-13-16-12(15)8-14(17-13)19-11-6-9(2)18-10(3)7-11/h8-11H,4-7H2,1-3H3. The van der Waals surface area contributed by atoms with Gasteiger partial charge in [-0.3, -0.25) is 0 Å². The maximum absolute atomic E-state index is 6.00. The first-order valence-electron chi connectivity index (χ1n) is 6.92. The van der Waals surface area contributed by atoms with Gasteiger partial charge in [-0.2, -0.15) is 4.98 Å². The van der Waals surface area contributed by atoms with Gasteiger partial charge in [0.25, 0.3) is 0 Å². The Morgan fingerprint density at radius 1 is 1.32 bits per heavy atom. The molecule has 2 atom stereocenters. The van der Waals surface area contributed by atoms with Crippen LogP contribution in [0.25, 0.3) is 0 Å². The highest BCUT2D eigenvalue weighted by Gasteiger charge is 2.26. The Morgan fingerprint density at radius 2 is 2.00 bits per heavy atom. The van der Waals surface area contributed by atoms with Gasteiger partial charge in [-0.15, -0.1) is 0 Å². The van der Waals surface area contributed by atoms with Crippen LogP contribution < -0.4 is 4.74 Å². The van der Waals surface area contributed by atoms with Gasteiger partial charge in [0.05, 0.1) is 12.2 Å². The van der Waals surface area contributed by atoms with Crippen LogP contribution in [0.15, 0.2) is 10.7 Å². The van der Waals surface area contributed by atoms with Crippen molar-refractivity contribution in [3.05, 3.63) is 16.5 Å². The molecule has 106 valence electrons. The van der Waals surface area contributed by atoms with Crippen molar-refractivity contribution in [1.29, 1.82) is 0 Å². The highest BCUT2D eigenvalue weighted by atomic mass is 79.9. The topological polar surface area (TPSA) is 44.2 Å². The molecule has 5 heteroatoms. The maximum atomic E-state index is 6.00. The van der Waals surface area contributed by atoms with Gasteiger partial charge in [0.1, 0.15) is 16.5 Å². The van der Waals surface area contributed by atoms with Crippen molar-refractivity contribution in [2.45, 2.75) is 64.8 Å². The van der Waals surface area contributed by atoms with E-state index in [-0.39, 0.29) is 18.3 Å². The Morgan fingerprint density at radius 3 is 2.63 bits per heavy atom. The van der Waals surface area contributed by atoms with Crippen LogP contribution >= 0.6 is 15.9 Å². The average Bonchev–Trinajstić information content (AvgIpc) is 2.26. The molecule has 0 N–H and O–H groups in total. The van der Waals surface area contributed by atoms with Gasteiger partial charge in [0, 0.05) is 25.3 Å². The lowest BCUT2D eigenvalue weighted by molar-refractivity contribution is -0.0730. The van der Waals surface area contributed by atoms with Gasteiger partial charge in [0.2, 0.25) is 5.88 Å². The van der Waals surface area contributed by atoms with Gasteiger partial charge >= 0.3 is 0 Å². The molecule has 1 aromatic heterocycles. The Labute approximate surface area is 123 Å². The summed E-state index contributed by atoms with van der Waals surface area (Å²) >= 11 is 3.42. The van der Waals surface area contributed by atoms with Crippen LogP contribution in [0.3, 0.4) is 0 Å². The van der Waals surface area contributed by atoms with Crippen molar-refractivity contribution < 1.29 is 9.47 Å². The predicted octanol–water partition coefficient (Wildman–Crippen LogP) is 3.53. The van der Waals surface area contributed by atoms with Gasteiger partial charge in [-0.25, -0.2) is 4.98 Å². The number of rotatable bonds is 4. The molecule has 4 nitrogen and oxygen atoms in total. The molecule has 0 aromatic carbocycles. The van der Waals surface area contributed by atoms with Gasteiger partial charge < -0.3 is 9.47 Å². The zero-order chi connectivity index (χ0) is 13.8. The van der Waals surface area contributed by atoms with Crippen molar-refractivity contribution >= 4 is 15.9 Å². The monoisotopic (exact) mass is 328 g/mol. The van der Waals surface area contributed by atoms with Crippen LogP contribution in [0.2, 0.25) is 0 Å². The Kier molecular flexibility index (Phi) is 5.16. The lowest BCUT2D eigenvalue weighted by atomic mass is 10.0. The molecular formula is C14H21BrN2O2. The molecule has 1 fully saturated rings. The first-order valence-corrected chi connectivity index (χ1v) is 7.71. The fourth-order valence-corrected chi connectivity index (χ4v) is 2.85. The van der Waals surface area contributed by atoms with Crippen molar-refractivity contribution in [2.24, 2.45) is 0 Å². The summed E-state index contributed by atoms with van der Waals surface area (Å²) in [5.41, 5.74) is 0. The SMILES string of the molecule is CCCc1nc(Br)cc(OC2CC(C)OC(C)C2)n1. The summed E-state index contributed by atoms with van der Waals surface area (Å²) in [7, 11) is 0. The number of hydrogen-bond donors (Lipinski definition) is 0. The van der Waals surface area contributed by atoms with E-state index < -0.39 is 0 Å². The number of nitrogens with zero attached hydrogens (tertiary/aromatic N) is 2. The van der Waals surface area contributed by atoms with Gasteiger partial charge in [0.15, 0.2) is 0 Å². The minimum Gasteiger partial charge on any atom is -0.474 e. The third-order valence-electron chi connectivity index (χ3n) is 3.13. The Bertz CT molecular complexity index is 418. The molecule has 0 aliphatic carbocycles. The fourth-order valence-electron chi connectivity index (χ4n) is 2.45. The zero-order valence-corrected chi connectivity index (χ0v) is 13.3. The van der Waals surface area contributed by atoms with Crippen LogP contribution in [0, 0.1) is 0 Å². The Balaban J connectivity index is 2.05. The van der Waals surface area contributed by atoms with E-state index in [1.807, 2.05) is 6.07 Å². The highest BCUT2D eigenvalue weighted by Crippen LogP contribution is 2.24. The van der Waals surface area contributed by atoms with E-state index in [4.69, 9.17) is 9.47 Å². The predicted molar refractivity (Wildman–Crippen MR) is 77.4 cm³/mol. The van der Waals surface area contributed by atoms with Crippen molar-refractivity contribution in [3.63, 3.8) is 0 Å². The van der Waals surface area contributed by atoms with E-state index in [0.717, 1.165) is 36.1 Å². The largest absolute Gasteiger partial charge is 0.474 e. The molecule has 19 heavy (non-hydrogen) atoms. The van der Waals surface area contributed by atoms with Gasteiger partial charge in [-0.1, -0.05) is 6.92 Å². The molecule has 2 unspecified atom stereocenters. The van der Waals surface area contributed by atoms with Crippen LogP contribution in [0.4, 0.5) is 0 Å². The molecule has 1 aliphatic heterocycles. The summed E-state index contributed by atoms with van der Waals surface area (Å²) in [5.74, 6) is 1.50. The van der Waals surface area contributed by atoms with E-state index >= 15 is 0 Å². The lowest BCUT2D eigenvalue weighted by Crippen LogP contribution is -2.35. The number of hydrogen-bond acceptors (Lipinski definition) is 4. The minimum atomic E-state index is 0.176. The Hall–Kier alpha value is -0.680. The first kappa shape index (κ1) is 14.7. The van der Waals surface area contributed by atoms with Crippen LogP contribution in [-0.4, -0.2) is 28.3 Å². The molecule has 0 amide bonds. The number of halogens is 1. The molecule has 0 radical (unpaired) electrons. The second kappa shape index (κ2) is 6.66. The van der Waals surface area contributed by atoms with E-state index in [2.05, 4.69) is 46.7 Å². The summed E-state index contributed by atoms with van der Waals surface area (Å²) in [5, 5.41) is 0. The summed E-state index contributed by atoms with van der Waals surface area (Å²) in [6.45, 7) is 6.29. The number of aromatic nitrogens is 2. The smallest absolute Gasteiger partial charge is 0.217 e. The molecule has 1 aliphatic rings.